The molecule has 1 aliphatic rings. The van der Waals surface area contributed by atoms with Gasteiger partial charge in [-0.2, -0.15) is 0 Å². The molecule has 136 valence electrons. The first-order valence-electron chi connectivity index (χ1n) is 7.99. The number of carbonyl (C=O) groups excluding carboxylic acids is 2. The van der Waals surface area contributed by atoms with Crippen LogP contribution in [0.25, 0.3) is 0 Å². The lowest BCUT2D eigenvalue weighted by Crippen LogP contribution is -2.46. The van der Waals surface area contributed by atoms with E-state index in [1.807, 2.05) is 6.07 Å². The summed E-state index contributed by atoms with van der Waals surface area (Å²) in [6, 6.07) is 7.12. The van der Waals surface area contributed by atoms with Crippen LogP contribution in [0.4, 0.5) is 5.69 Å². The third kappa shape index (κ3) is 4.69. The number of rotatable bonds is 8. The number of aliphatic carboxylic acids is 1. The average Bonchev–Trinajstić information content (AvgIpc) is 2.58. The Kier molecular flexibility index (Phi) is 6.35. The summed E-state index contributed by atoms with van der Waals surface area (Å²) < 4.78 is 10.5. The second-order valence-electron chi connectivity index (χ2n) is 5.67. The van der Waals surface area contributed by atoms with Gasteiger partial charge in [-0.1, -0.05) is 12.1 Å². The largest absolute Gasteiger partial charge is 0.480 e. The van der Waals surface area contributed by atoms with Crippen molar-refractivity contribution in [2.45, 2.75) is 19.4 Å². The van der Waals surface area contributed by atoms with Crippen LogP contribution in [0.1, 0.15) is 13.3 Å². The third-order valence-electron chi connectivity index (χ3n) is 3.87. The molecule has 0 spiro atoms. The fourth-order valence-electron chi connectivity index (χ4n) is 2.61. The molecule has 1 unspecified atom stereocenters. The van der Waals surface area contributed by atoms with Crippen molar-refractivity contribution >= 4 is 23.5 Å². The number of amides is 2. The molecule has 8 heteroatoms. The minimum Gasteiger partial charge on any atom is -0.480 e. The summed E-state index contributed by atoms with van der Waals surface area (Å²) in [6.45, 7) is 1.85. The van der Waals surface area contributed by atoms with Gasteiger partial charge in [0.1, 0.15) is 12.3 Å². The van der Waals surface area contributed by atoms with Crippen LogP contribution in [0.2, 0.25) is 0 Å². The summed E-state index contributed by atoms with van der Waals surface area (Å²) in [5, 5.41) is 8.94. The molecule has 1 heterocycles. The second kappa shape index (κ2) is 8.48. The highest BCUT2D eigenvalue weighted by Gasteiger charge is 2.31. The maximum Gasteiger partial charge on any atom is 0.323 e. The zero-order valence-corrected chi connectivity index (χ0v) is 14.3. The molecular weight excluding hydrogens is 328 g/mol. The SMILES string of the molecule is COCCN(CC(=O)O)C(=O)CCN1C(=O)C(C)Oc2ccccc21. The van der Waals surface area contributed by atoms with E-state index in [0.717, 1.165) is 0 Å². The van der Waals surface area contributed by atoms with E-state index in [0.29, 0.717) is 11.4 Å². The van der Waals surface area contributed by atoms with Crippen molar-refractivity contribution in [2.75, 3.05) is 38.3 Å². The average molecular weight is 350 g/mol. The van der Waals surface area contributed by atoms with E-state index < -0.39 is 18.6 Å². The van der Waals surface area contributed by atoms with Crippen LogP contribution in [0.5, 0.6) is 5.75 Å². The fraction of sp³-hybridized carbons (Fsp3) is 0.471. The Morgan fingerprint density at radius 1 is 1.36 bits per heavy atom. The number of hydrogen-bond acceptors (Lipinski definition) is 5. The molecule has 1 N–H and O–H groups in total. The molecule has 2 amide bonds. The predicted molar refractivity (Wildman–Crippen MR) is 89.6 cm³/mol. The Bertz CT molecular complexity index is 648. The molecule has 2 rings (SSSR count). The van der Waals surface area contributed by atoms with Gasteiger partial charge in [-0.05, 0) is 19.1 Å². The molecule has 0 radical (unpaired) electrons. The van der Waals surface area contributed by atoms with E-state index >= 15 is 0 Å². The number of ether oxygens (including phenoxy) is 2. The lowest BCUT2D eigenvalue weighted by Gasteiger charge is -2.33. The zero-order chi connectivity index (χ0) is 18.4. The second-order valence-corrected chi connectivity index (χ2v) is 5.67. The Hall–Kier alpha value is -2.61. The molecule has 0 fully saturated rings. The quantitative estimate of drug-likeness (QED) is 0.743. The molecule has 0 bridgehead atoms. The van der Waals surface area contributed by atoms with Crippen molar-refractivity contribution < 1.29 is 29.0 Å². The van der Waals surface area contributed by atoms with Crippen LogP contribution >= 0.6 is 0 Å². The van der Waals surface area contributed by atoms with E-state index in [2.05, 4.69) is 0 Å². The number of fused-ring (bicyclic) bond motifs is 1. The van der Waals surface area contributed by atoms with E-state index in [-0.39, 0.29) is 37.9 Å². The van der Waals surface area contributed by atoms with Gasteiger partial charge in [0.05, 0.1) is 12.3 Å². The Labute approximate surface area is 145 Å². The molecule has 1 atom stereocenters. The molecular formula is C17H22N2O6. The normalized spacial score (nSPS) is 16.2. The first-order valence-corrected chi connectivity index (χ1v) is 7.99. The molecule has 1 aromatic rings. The maximum absolute atomic E-state index is 12.4. The van der Waals surface area contributed by atoms with Gasteiger partial charge >= 0.3 is 5.97 Å². The molecule has 0 saturated carbocycles. The first kappa shape index (κ1) is 18.7. The predicted octanol–water partition coefficient (Wildman–Crippen LogP) is 0.750. The Morgan fingerprint density at radius 2 is 2.08 bits per heavy atom. The summed E-state index contributed by atoms with van der Waals surface area (Å²) >= 11 is 0. The minimum atomic E-state index is -1.09. The van der Waals surface area contributed by atoms with Crippen molar-refractivity contribution in [2.24, 2.45) is 0 Å². The number of benzene rings is 1. The topological polar surface area (TPSA) is 96.4 Å². The molecule has 0 aromatic heterocycles. The summed E-state index contributed by atoms with van der Waals surface area (Å²) in [5.41, 5.74) is 0.611. The van der Waals surface area contributed by atoms with Gasteiger partial charge in [-0.25, -0.2) is 0 Å². The standard InChI is InChI=1S/C17H22N2O6/c1-12-17(23)19(13-5-3-4-6-14(13)25-12)8-7-15(20)18(9-10-24-2)11-16(21)22/h3-6,12H,7-11H2,1-2H3,(H,21,22). The lowest BCUT2D eigenvalue weighted by atomic mass is 10.1. The zero-order valence-electron chi connectivity index (χ0n) is 14.3. The monoisotopic (exact) mass is 350 g/mol. The Morgan fingerprint density at radius 3 is 2.76 bits per heavy atom. The molecule has 8 nitrogen and oxygen atoms in total. The van der Waals surface area contributed by atoms with Gasteiger partial charge < -0.3 is 24.4 Å². The summed E-state index contributed by atoms with van der Waals surface area (Å²) in [5.74, 6) is -1.08. The number of carboxylic acids is 1. The fourth-order valence-corrected chi connectivity index (χ4v) is 2.61. The van der Waals surface area contributed by atoms with Crippen LogP contribution in [-0.2, 0) is 19.1 Å². The molecule has 1 aliphatic heterocycles. The van der Waals surface area contributed by atoms with E-state index in [1.54, 1.807) is 25.1 Å². The first-order chi connectivity index (χ1) is 11.9. The number of methoxy groups -OCH3 is 1. The van der Waals surface area contributed by atoms with Crippen LogP contribution in [-0.4, -0.2) is 67.2 Å². The number of carboxylic acid groups (broad SMARTS) is 1. The highest BCUT2D eigenvalue weighted by molar-refractivity contribution is 6.00. The number of para-hydroxylation sites is 2. The minimum absolute atomic E-state index is 0.0176. The van der Waals surface area contributed by atoms with Crippen LogP contribution < -0.4 is 9.64 Å². The van der Waals surface area contributed by atoms with Crippen molar-refractivity contribution in [1.29, 1.82) is 0 Å². The molecule has 0 aliphatic carbocycles. The summed E-state index contributed by atoms with van der Waals surface area (Å²) in [4.78, 5) is 38.4. The van der Waals surface area contributed by atoms with E-state index in [9.17, 15) is 14.4 Å². The highest BCUT2D eigenvalue weighted by Crippen LogP contribution is 2.33. The van der Waals surface area contributed by atoms with Gasteiger partial charge in [0.25, 0.3) is 5.91 Å². The van der Waals surface area contributed by atoms with E-state index in [4.69, 9.17) is 14.6 Å². The van der Waals surface area contributed by atoms with E-state index in [1.165, 1.54) is 16.9 Å². The third-order valence-corrected chi connectivity index (χ3v) is 3.87. The van der Waals surface area contributed by atoms with Gasteiger partial charge in [-0.3, -0.25) is 14.4 Å². The van der Waals surface area contributed by atoms with Gasteiger partial charge in [0, 0.05) is 26.6 Å². The Balaban J connectivity index is 2.06. The highest BCUT2D eigenvalue weighted by atomic mass is 16.5. The van der Waals surface area contributed by atoms with Crippen molar-refractivity contribution in [3.8, 4) is 5.75 Å². The molecule has 0 saturated heterocycles. The van der Waals surface area contributed by atoms with Crippen LogP contribution in [0, 0.1) is 0 Å². The van der Waals surface area contributed by atoms with Crippen LogP contribution in [0.15, 0.2) is 24.3 Å². The lowest BCUT2D eigenvalue weighted by molar-refractivity contribution is -0.144. The molecule has 1 aromatic carbocycles. The summed E-state index contributed by atoms with van der Waals surface area (Å²) in [7, 11) is 1.48. The summed E-state index contributed by atoms with van der Waals surface area (Å²) in [6.07, 6.45) is -0.613. The number of nitrogens with zero attached hydrogens (tertiary/aromatic N) is 2. The smallest absolute Gasteiger partial charge is 0.323 e. The van der Waals surface area contributed by atoms with Crippen molar-refractivity contribution in [3.05, 3.63) is 24.3 Å². The maximum atomic E-state index is 12.4. The number of hydrogen-bond donors (Lipinski definition) is 1. The number of anilines is 1. The van der Waals surface area contributed by atoms with Gasteiger partial charge in [0.2, 0.25) is 5.91 Å². The van der Waals surface area contributed by atoms with Crippen molar-refractivity contribution in [1.82, 2.24) is 4.90 Å². The number of carbonyl (C=O) groups is 3. The van der Waals surface area contributed by atoms with Crippen LogP contribution in [0.3, 0.4) is 0 Å². The van der Waals surface area contributed by atoms with Crippen molar-refractivity contribution in [3.63, 3.8) is 0 Å². The van der Waals surface area contributed by atoms with Gasteiger partial charge in [0.15, 0.2) is 6.10 Å². The van der Waals surface area contributed by atoms with Gasteiger partial charge in [-0.15, -0.1) is 0 Å². The molecule has 25 heavy (non-hydrogen) atoms.